The summed E-state index contributed by atoms with van der Waals surface area (Å²) in [5, 5.41) is 0. The van der Waals surface area contributed by atoms with Crippen molar-refractivity contribution in [2.75, 3.05) is 34.8 Å². The van der Waals surface area contributed by atoms with E-state index in [1.165, 1.54) is 33.3 Å². The van der Waals surface area contributed by atoms with Gasteiger partial charge in [0, 0.05) is 33.3 Å². The highest BCUT2D eigenvalue weighted by molar-refractivity contribution is 7.89. The molecule has 0 bridgehead atoms. The first kappa shape index (κ1) is 18.4. The van der Waals surface area contributed by atoms with Gasteiger partial charge in [-0.2, -0.15) is 0 Å². The van der Waals surface area contributed by atoms with Crippen molar-refractivity contribution in [3.8, 4) is 5.75 Å². The van der Waals surface area contributed by atoms with Crippen molar-refractivity contribution in [3.63, 3.8) is 0 Å². The van der Waals surface area contributed by atoms with E-state index in [-0.39, 0.29) is 16.6 Å². The number of hydrogen-bond donors (Lipinski definition) is 0. The van der Waals surface area contributed by atoms with Crippen LogP contribution in [0.3, 0.4) is 0 Å². The molecular weight excluding hydrogens is 304 g/mol. The van der Waals surface area contributed by atoms with Gasteiger partial charge >= 0.3 is 0 Å². The van der Waals surface area contributed by atoms with Crippen molar-refractivity contribution in [2.24, 2.45) is 0 Å². The van der Waals surface area contributed by atoms with E-state index in [0.717, 1.165) is 17.1 Å². The zero-order valence-corrected chi connectivity index (χ0v) is 14.6. The van der Waals surface area contributed by atoms with Gasteiger partial charge in [0.1, 0.15) is 10.6 Å². The van der Waals surface area contributed by atoms with Crippen LogP contribution < -0.4 is 4.74 Å². The Morgan fingerprint density at radius 2 is 1.86 bits per heavy atom. The molecule has 0 heterocycles. The first-order valence-corrected chi connectivity index (χ1v) is 8.55. The standard InChI is InChI=1S/C15H24N2O4S/c1-6-7-10-17(4)15(18)12-8-9-13(21-5)14(11-12)22(19,20)16(2)3/h8-9,11H,6-7,10H2,1-5H3. The molecule has 0 aliphatic rings. The molecule has 0 aliphatic heterocycles. The number of amides is 1. The van der Waals surface area contributed by atoms with Gasteiger partial charge in [0.05, 0.1) is 7.11 Å². The number of nitrogens with zero attached hydrogens (tertiary/aromatic N) is 2. The van der Waals surface area contributed by atoms with Crippen LogP contribution in [-0.4, -0.2) is 58.3 Å². The lowest BCUT2D eigenvalue weighted by Gasteiger charge is -2.19. The van der Waals surface area contributed by atoms with Crippen LogP contribution >= 0.6 is 0 Å². The van der Waals surface area contributed by atoms with E-state index in [0.29, 0.717) is 12.1 Å². The summed E-state index contributed by atoms with van der Waals surface area (Å²) in [5.41, 5.74) is 0.333. The van der Waals surface area contributed by atoms with E-state index >= 15 is 0 Å². The van der Waals surface area contributed by atoms with Gasteiger partial charge in [-0.05, 0) is 24.6 Å². The number of unbranched alkanes of at least 4 members (excludes halogenated alkanes) is 1. The van der Waals surface area contributed by atoms with Gasteiger partial charge in [0.2, 0.25) is 10.0 Å². The molecule has 1 amide bonds. The maximum absolute atomic E-state index is 12.4. The molecule has 0 saturated heterocycles. The van der Waals surface area contributed by atoms with Crippen LogP contribution in [-0.2, 0) is 10.0 Å². The molecule has 0 atom stereocenters. The van der Waals surface area contributed by atoms with E-state index in [1.807, 2.05) is 6.92 Å². The van der Waals surface area contributed by atoms with Gasteiger partial charge in [-0.3, -0.25) is 4.79 Å². The van der Waals surface area contributed by atoms with Crippen LogP contribution in [0, 0.1) is 0 Å². The van der Waals surface area contributed by atoms with Gasteiger partial charge in [0.25, 0.3) is 5.91 Å². The largest absolute Gasteiger partial charge is 0.495 e. The fraction of sp³-hybridized carbons (Fsp3) is 0.533. The summed E-state index contributed by atoms with van der Waals surface area (Å²) < 4.78 is 30.9. The molecular formula is C15H24N2O4S. The molecule has 22 heavy (non-hydrogen) atoms. The normalized spacial score (nSPS) is 11.5. The average molecular weight is 328 g/mol. The smallest absolute Gasteiger partial charge is 0.253 e. The van der Waals surface area contributed by atoms with E-state index < -0.39 is 10.0 Å². The Labute approximate surface area is 132 Å². The minimum atomic E-state index is -3.68. The van der Waals surface area contributed by atoms with Gasteiger partial charge < -0.3 is 9.64 Å². The maximum atomic E-state index is 12.4. The average Bonchev–Trinajstić information content (AvgIpc) is 2.50. The minimum Gasteiger partial charge on any atom is -0.495 e. The zero-order chi connectivity index (χ0) is 16.9. The number of hydrogen-bond acceptors (Lipinski definition) is 4. The second-order valence-electron chi connectivity index (χ2n) is 5.23. The lowest BCUT2D eigenvalue weighted by molar-refractivity contribution is 0.0793. The molecule has 0 saturated carbocycles. The molecule has 0 aliphatic carbocycles. The van der Waals surface area contributed by atoms with E-state index in [1.54, 1.807) is 18.0 Å². The number of benzene rings is 1. The monoisotopic (exact) mass is 328 g/mol. The fourth-order valence-corrected chi connectivity index (χ4v) is 3.00. The molecule has 124 valence electrons. The third-order valence-electron chi connectivity index (χ3n) is 3.36. The van der Waals surface area contributed by atoms with Crippen LogP contribution in [0.15, 0.2) is 23.1 Å². The van der Waals surface area contributed by atoms with Crippen LogP contribution in [0.4, 0.5) is 0 Å². The topological polar surface area (TPSA) is 66.9 Å². The Bertz CT molecular complexity index is 626. The van der Waals surface area contributed by atoms with Crippen LogP contribution in [0.2, 0.25) is 0 Å². The Morgan fingerprint density at radius 1 is 1.23 bits per heavy atom. The van der Waals surface area contributed by atoms with E-state index in [4.69, 9.17) is 4.74 Å². The van der Waals surface area contributed by atoms with Crippen molar-refractivity contribution >= 4 is 15.9 Å². The Hall–Kier alpha value is -1.60. The second-order valence-corrected chi connectivity index (χ2v) is 7.35. The molecule has 1 aromatic rings. The zero-order valence-electron chi connectivity index (χ0n) is 13.8. The van der Waals surface area contributed by atoms with Crippen molar-refractivity contribution in [3.05, 3.63) is 23.8 Å². The summed E-state index contributed by atoms with van der Waals surface area (Å²) in [6, 6.07) is 4.47. The third-order valence-corrected chi connectivity index (χ3v) is 5.20. The highest BCUT2D eigenvalue weighted by Gasteiger charge is 2.24. The Balaban J connectivity index is 3.23. The van der Waals surface area contributed by atoms with Crippen LogP contribution in [0.5, 0.6) is 5.75 Å². The molecule has 0 aromatic heterocycles. The number of methoxy groups -OCH3 is 1. The van der Waals surface area contributed by atoms with E-state index in [9.17, 15) is 13.2 Å². The predicted octanol–water partition coefficient (Wildman–Crippen LogP) is 1.82. The Kier molecular flexibility index (Phi) is 6.37. The molecule has 0 spiro atoms. The summed E-state index contributed by atoms with van der Waals surface area (Å²) in [7, 11) is 2.31. The van der Waals surface area contributed by atoms with Gasteiger partial charge in [-0.15, -0.1) is 0 Å². The quantitative estimate of drug-likeness (QED) is 0.766. The molecule has 6 nitrogen and oxygen atoms in total. The lowest BCUT2D eigenvalue weighted by Crippen LogP contribution is -2.28. The third kappa shape index (κ3) is 3.98. The van der Waals surface area contributed by atoms with Crippen molar-refractivity contribution in [1.29, 1.82) is 0 Å². The molecule has 1 aromatic carbocycles. The number of ether oxygens (including phenoxy) is 1. The van der Waals surface area contributed by atoms with Crippen LogP contribution in [0.1, 0.15) is 30.1 Å². The van der Waals surface area contributed by atoms with Gasteiger partial charge in [0.15, 0.2) is 0 Å². The first-order valence-electron chi connectivity index (χ1n) is 7.11. The molecule has 0 radical (unpaired) electrons. The van der Waals surface area contributed by atoms with E-state index in [2.05, 4.69) is 0 Å². The molecule has 0 fully saturated rings. The van der Waals surface area contributed by atoms with Crippen LogP contribution in [0.25, 0.3) is 0 Å². The minimum absolute atomic E-state index is 0.00487. The molecule has 1 rings (SSSR count). The van der Waals surface area contributed by atoms with Gasteiger partial charge in [-0.1, -0.05) is 13.3 Å². The summed E-state index contributed by atoms with van der Waals surface area (Å²) in [5.74, 6) is 0.0211. The second kappa shape index (κ2) is 7.60. The molecule has 0 unspecified atom stereocenters. The fourth-order valence-electron chi connectivity index (χ4n) is 1.93. The molecule has 0 N–H and O–H groups in total. The van der Waals surface area contributed by atoms with Gasteiger partial charge in [-0.25, -0.2) is 12.7 Å². The Morgan fingerprint density at radius 3 is 2.36 bits per heavy atom. The number of carbonyl (C=O) groups excluding carboxylic acids is 1. The number of carbonyl (C=O) groups is 1. The summed E-state index contributed by atoms with van der Waals surface area (Å²) >= 11 is 0. The van der Waals surface area contributed by atoms with Crippen molar-refractivity contribution in [2.45, 2.75) is 24.7 Å². The predicted molar refractivity (Wildman–Crippen MR) is 85.7 cm³/mol. The van der Waals surface area contributed by atoms with Crippen molar-refractivity contribution < 1.29 is 17.9 Å². The first-order chi connectivity index (χ1) is 10.3. The highest BCUT2D eigenvalue weighted by atomic mass is 32.2. The molecule has 7 heteroatoms. The highest BCUT2D eigenvalue weighted by Crippen LogP contribution is 2.27. The lowest BCUT2D eigenvalue weighted by atomic mass is 10.2. The van der Waals surface area contributed by atoms with Crippen molar-refractivity contribution in [1.82, 2.24) is 9.21 Å². The summed E-state index contributed by atoms with van der Waals surface area (Å²) in [4.78, 5) is 14.0. The summed E-state index contributed by atoms with van der Waals surface area (Å²) in [6.45, 7) is 2.69. The SMILES string of the molecule is CCCCN(C)C(=O)c1ccc(OC)c(S(=O)(=O)N(C)C)c1. The number of rotatable bonds is 7. The maximum Gasteiger partial charge on any atom is 0.253 e. The summed E-state index contributed by atoms with van der Waals surface area (Å²) in [6.07, 6.45) is 1.89. The number of sulfonamides is 1.